The minimum atomic E-state index is -0.549. The van der Waals surface area contributed by atoms with Crippen LogP contribution in [0.15, 0.2) is 42.5 Å². The average Bonchev–Trinajstić information content (AvgIpc) is 2.78. The van der Waals surface area contributed by atoms with Crippen LogP contribution in [-0.2, 0) is 16.0 Å². The topological polar surface area (TPSA) is 46.6 Å². The summed E-state index contributed by atoms with van der Waals surface area (Å²) >= 11 is 0. The van der Waals surface area contributed by atoms with E-state index in [-0.39, 0.29) is 18.6 Å². The maximum absolute atomic E-state index is 12.0. The number of hydrogen-bond donors (Lipinski definition) is 0. The number of amides is 2. The van der Waals surface area contributed by atoms with Crippen LogP contribution in [0.3, 0.4) is 0 Å². The first-order valence-corrected chi connectivity index (χ1v) is 6.42. The van der Waals surface area contributed by atoms with Gasteiger partial charge in [0, 0.05) is 0 Å². The van der Waals surface area contributed by atoms with Gasteiger partial charge in [0.2, 0.25) is 0 Å². The van der Waals surface area contributed by atoms with E-state index in [1.807, 2.05) is 37.3 Å². The molecule has 1 aromatic carbocycles. The van der Waals surface area contributed by atoms with Crippen LogP contribution in [0.1, 0.15) is 18.9 Å². The number of carbonyl (C=O) groups excluding carboxylic acids is 2. The molecule has 1 fully saturated rings. The van der Waals surface area contributed by atoms with Gasteiger partial charge in [-0.15, -0.1) is 0 Å². The molecule has 1 aliphatic heterocycles. The monoisotopic (exact) mass is 259 g/mol. The molecule has 0 aromatic heterocycles. The number of benzene rings is 1. The van der Waals surface area contributed by atoms with E-state index in [9.17, 15) is 9.59 Å². The second kappa shape index (κ2) is 6.18. The molecule has 1 heterocycles. The Morgan fingerprint density at radius 2 is 2.16 bits per heavy atom. The zero-order valence-corrected chi connectivity index (χ0v) is 10.9. The summed E-state index contributed by atoms with van der Waals surface area (Å²) in [6.45, 7) is 2.20. The van der Waals surface area contributed by atoms with Gasteiger partial charge < -0.3 is 4.74 Å². The predicted molar refractivity (Wildman–Crippen MR) is 71.6 cm³/mol. The Balaban J connectivity index is 2.09. The molecule has 0 spiro atoms. The van der Waals surface area contributed by atoms with Gasteiger partial charge in [-0.25, -0.2) is 9.69 Å². The molecular weight excluding hydrogens is 242 g/mol. The number of hydrogen-bond acceptors (Lipinski definition) is 3. The van der Waals surface area contributed by atoms with E-state index in [0.717, 1.165) is 12.0 Å². The van der Waals surface area contributed by atoms with E-state index in [1.54, 1.807) is 6.08 Å². The normalized spacial score (nSPS) is 18.9. The van der Waals surface area contributed by atoms with Gasteiger partial charge in [-0.05, 0) is 24.5 Å². The fourth-order valence-corrected chi connectivity index (χ4v) is 2.07. The van der Waals surface area contributed by atoms with E-state index in [1.165, 1.54) is 11.0 Å². The molecule has 4 nitrogen and oxygen atoms in total. The van der Waals surface area contributed by atoms with E-state index < -0.39 is 6.09 Å². The third kappa shape index (κ3) is 3.22. The second-order valence-corrected chi connectivity index (χ2v) is 4.44. The van der Waals surface area contributed by atoms with Crippen molar-refractivity contribution in [1.29, 1.82) is 0 Å². The molecule has 1 atom stereocenters. The molecule has 2 amide bonds. The molecule has 4 heteroatoms. The van der Waals surface area contributed by atoms with Crippen molar-refractivity contribution >= 4 is 12.0 Å². The highest BCUT2D eigenvalue weighted by molar-refractivity contribution is 5.99. The predicted octanol–water partition coefficient (Wildman–Crippen LogP) is 2.54. The molecule has 2 rings (SSSR count). The highest BCUT2D eigenvalue weighted by atomic mass is 16.6. The lowest BCUT2D eigenvalue weighted by Crippen LogP contribution is -2.39. The largest absolute Gasteiger partial charge is 0.447 e. The Labute approximate surface area is 112 Å². The first-order chi connectivity index (χ1) is 9.22. The van der Waals surface area contributed by atoms with Crippen LogP contribution in [0.5, 0.6) is 0 Å². The summed E-state index contributed by atoms with van der Waals surface area (Å²) in [6.07, 6.45) is 4.01. The van der Waals surface area contributed by atoms with Gasteiger partial charge in [0.05, 0.1) is 6.04 Å². The van der Waals surface area contributed by atoms with Crippen molar-refractivity contribution in [3.8, 4) is 0 Å². The smallest absolute Gasteiger partial charge is 0.417 e. The Bertz CT molecular complexity index is 481. The van der Waals surface area contributed by atoms with Crippen LogP contribution in [0.2, 0.25) is 0 Å². The SMILES string of the molecule is CC/C=C/C(=O)N1C(=O)OC[C@@H]1Cc1ccccc1. The van der Waals surface area contributed by atoms with Gasteiger partial charge in [-0.2, -0.15) is 0 Å². The van der Waals surface area contributed by atoms with E-state index in [2.05, 4.69) is 0 Å². The summed E-state index contributed by atoms with van der Waals surface area (Å²) in [5.74, 6) is -0.301. The third-order valence-electron chi connectivity index (χ3n) is 3.01. The van der Waals surface area contributed by atoms with Crippen LogP contribution in [-0.4, -0.2) is 29.5 Å². The Morgan fingerprint density at radius 3 is 2.84 bits per heavy atom. The average molecular weight is 259 g/mol. The van der Waals surface area contributed by atoms with Crippen molar-refractivity contribution in [2.24, 2.45) is 0 Å². The number of ether oxygens (including phenoxy) is 1. The molecule has 1 aliphatic rings. The maximum atomic E-state index is 12.0. The fourth-order valence-electron chi connectivity index (χ4n) is 2.07. The van der Waals surface area contributed by atoms with Crippen LogP contribution in [0.25, 0.3) is 0 Å². The van der Waals surface area contributed by atoms with Gasteiger partial charge in [0.25, 0.3) is 5.91 Å². The first-order valence-electron chi connectivity index (χ1n) is 6.42. The summed E-state index contributed by atoms with van der Waals surface area (Å²) in [5.41, 5.74) is 1.09. The van der Waals surface area contributed by atoms with Crippen molar-refractivity contribution in [2.75, 3.05) is 6.61 Å². The first kappa shape index (κ1) is 13.3. The Hall–Kier alpha value is -2.10. The molecule has 0 N–H and O–H groups in total. The summed E-state index contributed by atoms with van der Waals surface area (Å²) in [5, 5.41) is 0. The number of cyclic esters (lactones) is 1. The minimum Gasteiger partial charge on any atom is -0.447 e. The molecule has 0 bridgehead atoms. The van der Waals surface area contributed by atoms with Crippen molar-refractivity contribution in [3.05, 3.63) is 48.0 Å². The number of nitrogens with zero attached hydrogens (tertiary/aromatic N) is 1. The number of carbonyl (C=O) groups is 2. The molecule has 0 saturated carbocycles. The Kier molecular flexibility index (Phi) is 4.34. The maximum Gasteiger partial charge on any atom is 0.417 e. The quantitative estimate of drug-likeness (QED) is 0.781. The lowest BCUT2D eigenvalue weighted by molar-refractivity contribution is -0.124. The zero-order chi connectivity index (χ0) is 13.7. The van der Waals surface area contributed by atoms with E-state index >= 15 is 0 Å². The molecule has 1 saturated heterocycles. The van der Waals surface area contributed by atoms with E-state index in [4.69, 9.17) is 4.74 Å². The van der Waals surface area contributed by atoms with Crippen LogP contribution in [0, 0.1) is 0 Å². The zero-order valence-electron chi connectivity index (χ0n) is 10.9. The molecule has 0 radical (unpaired) electrons. The van der Waals surface area contributed by atoms with Gasteiger partial charge in [0.15, 0.2) is 0 Å². The summed E-state index contributed by atoms with van der Waals surface area (Å²) < 4.78 is 4.98. The molecule has 100 valence electrons. The number of rotatable bonds is 4. The lowest BCUT2D eigenvalue weighted by Gasteiger charge is -2.17. The van der Waals surface area contributed by atoms with Crippen LogP contribution < -0.4 is 0 Å². The van der Waals surface area contributed by atoms with E-state index in [0.29, 0.717) is 6.42 Å². The highest BCUT2D eigenvalue weighted by Crippen LogP contribution is 2.17. The summed E-state index contributed by atoms with van der Waals surface area (Å²) in [7, 11) is 0. The van der Waals surface area contributed by atoms with Crippen LogP contribution in [0.4, 0.5) is 4.79 Å². The van der Waals surface area contributed by atoms with Crippen molar-refractivity contribution in [3.63, 3.8) is 0 Å². The van der Waals surface area contributed by atoms with Gasteiger partial charge in [-0.1, -0.05) is 43.3 Å². The van der Waals surface area contributed by atoms with Gasteiger partial charge >= 0.3 is 6.09 Å². The van der Waals surface area contributed by atoms with Gasteiger partial charge in [0.1, 0.15) is 6.61 Å². The minimum absolute atomic E-state index is 0.219. The Morgan fingerprint density at radius 1 is 1.42 bits per heavy atom. The molecular formula is C15H17NO3. The summed E-state index contributed by atoms with van der Waals surface area (Å²) in [4.78, 5) is 24.8. The van der Waals surface area contributed by atoms with Crippen LogP contribution >= 0.6 is 0 Å². The number of imide groups is 1. The standard InChI is InChI=1S/C15H17NO3/c1-2-3-9-14(17)16-13(11-19-15(16)18)10-12-7-5-4-6-8-12/h3-9,13H,2,10-11H2,1H3/b9-3+/t13-/m0/s1. The van der Waals surface area contributed by atoms with Crippen molar-refractivity contribution < 1.29 is 14.3 Å². The highest BCUT2D eigenvalue weighted by Gasteiger charge is 2.36. The van der Waals surface area contributed by atoms with Gasteiger partial charge in [-0.3, -0.25) is 4.79 Å². The number of allylic oxidation sites excluding steroid dienone is 1. The van der Waals surface area contributed by atoms with Crippen molar-refractivity contribution in [2.45, 2.75) is 25.8 Å². The summed E-state index contributed by atoms with van der Waals surface area (Å²) in [6, 6.07) is 9.56. The molecule has 19 heavy (non-hydrogen) atoms. The molecule has 1 aromatic rings. The fraction of sp³-hybridized carbons (Fsp3) is 0.333. The second-order valence-electron chi connectivity index (χ2n) is 4.44. The molecule has 0 aliphatic carbocycles. The van der Waals surface area contributed by atoms with Crippen molar-refractivity contribution in [1.82, 2.24) is 4.90 Å². The lowest BCUT2D eigenvalue weighted by atomic mass is 10.1. The molecule has 0 unspecified atom stereocenters. The third-order valence-corrected chi connectivity index (χ3v) is 3.01.